The summed E-state index contributed by atoms with van der Waals surface area (Å²) in [6, 6.07) is 10.2. The van der Waals surface area contributed by atoms with Crippen molar-refractivity contribution in [3.8, 4) is 0 Å². The van der Waals surface area contributed by atoms with Crippen LogP contribution < -0.4 is 4.31 Å². The van der Waals surface area contributed by atoms with E-state index >= 15 is 0 Å². The van der Waals surface area contributed by atoms with Crippen LogP contribution in [0.2, 0.25) is 0 Å². The Balaban J connectivity index is 2.45. The Hall–Kier alpha value is -1.93. The van der Waals surface area contributed by atoms with Crippen molar-refractivity contribution in [1.29, 1.82) is 0 Å². The van der Waals surface area contributed by atoms with Gasteiger partial charge in [-0.1, -0.05) is 28.1 Å². The number of aliphatic carboxylic acids is 1. The maximum absolute atomic E-state index is 13.1. The fourth-order valence-electron chi connectivity index (χ4n) is 2.30. The lowest BCUT2D eigenvalue weighted by Crippen LogP contribution is -2.46. The normalized spacial score (nSPS) is 12.6. The van der Waals surface area contributed by atoms with Crippen molar-refractivity contribution in [2.24, 2.45) is 0 Å². The zero-order valence-corrected chi connectivity index (χ0v) is 15.1. The predicted molar refractivity (Wildman–Crippen MR) is 93.0 cm³/mol. The van der Waals surface area contributed by atoms with Crippen molar-refractivity contribution < 1.29 is 22.7 Å². The van der Waals surface area contributed by atoms with E-state index in [9.17, 15) is 22.7 Å². The molecule has 0 heterocycles. The first-order valence-corrected chi connectivity index (χ1v) is 9.55. The van der Waals surface area contributed by atoms with Gasteiger partial charge in [-0.25, -0.2) is 17.6 Å². The summed E-state index contributed by atoms with van der Waals surface area (Å²) in [6.45, 7) is 0. The summed E-state index contributed by atoms with van der Waals surface area (Å²) < 4.78 is 39.1. The van der Waals surface area contributed by atoms with Gasteiger partial charge in [0.05, 0.1) is 11.9 Å². The number of carboxylic acid groups (broad SMARTS) is 1. The highest BCUT2D eigenvalue weighted by atomic mass is 79.9. The minimum Gasteiger partial charge on any atom is -0.480 e. The van der Waals surface area contributed by atoms with Crippen LogP contribution in [0.4, 0.5) is 10.1 Å². The first-order chi connectivity index (χ1) is 11.2. The summed E-state index contributed by atoms with van der Waals surface area (Å²) in [4.78, 5) is 11.7. The monoisotopic (exact) mass is 415 g/mol. The minimum absolute atomic E-state index is 0.0208. The summed E-state index contributed by atoms with van der Waals surface area (Å²) in [5.74, 6) is -1.82. The van der Waals surface area contributed by atoms with Crippen LogP contribution in [0.5, 0.6) is 0 Å². The lowest BCUT2D eigenvalue weighted by atomic mass is 10.1. The Labute approximate surface area is 147 Å². The highest BCUT2D eigenvalue weighted by Crippen LogP contribution is 2.24. The molecule has 0 saturated carbocycles. The van der Waals surface area contributed by atoms with E-state index in [1.165, 1.54) is 12.1 Å². The van der Waals surface area contributed by atoms with Crippen LogP contribution in [0.25, 0.3) is 0 Å². The van der Waals surface area contributed by atoms with Crippen LogP contribution in [-0.4, -0.2) is 31.8 Å². The van der Waals surface area contributed by atoms with E-state index in [0.29, 0.717) is 5.56 Å². The summed E-state index contributed by atoms with van der Waals surface area (Å²) in [6.07, 6.45) is 0.904. The molecule has 0 bridgehead atoms. The quantitative estimate of drug-likeness (QED) is 0.786. The molecule has 128 valence electrons. The summed E-state index contributed by atoms with van der Waals surface area (Å²) in [5, 5.41) is 9.55. The number of anilines is 1. The van der Waals surface area contributed by atoms with Gasteiger partial charge in [0.1, 0.15) is 11.9 Å². The third-order valence-electron chi connectivity index (χ3n) is 3.35. The molecule has 0 aromatic heterocycles. The number of carbonyl (C=O) groups is 1. The molecule has 0 fully saturated rings. The molecule has 5 nitrogen and oxygen atoms in total. The zero-order chi connectivity index (χ0) is 17.9. The zero-order valence-electron chi connectivity index (χ0n) is 12.7. The molecule has 0 spiro atoms. The van der Waals surface area contributed by atoms with Crippen molar-refractivity contribution in [2.45, 2.75) is 12.5 Å². The molecule has 0 saturated heterocycles. The van der Waals surface area contributed by atoms with E-state index in [1.807, 2.05) is 0 Å². The molecule has 1 N–H and O–H groups in total. The average Bonchev–Trinajstić information content (AvgIpc) is 2.49. The van der Waals surface area contributed by atoms with Gasteiger partial charge in [-0.05, 0) is 42.0 Å². The molecule has 2 aromatic carbocycles. The van der Waals surface area contributed by atoms with Gasteiger partial charge in [0.25, 0.3) is 0 Å². The van der Waals surface area contributed by atoms with Crippen LogP contribution in [-0.2, 0) is 21.2 Å². The number of rotatable bonds is 6. The minimum atomic E-state index is -3.88. The molecule has 0 aliphatic heterocycles. The third kappa shape index (κ3) is 4.55. The van der Waals surface area contributed by atoms with Crippen LogP contribution in [0.15, 0.2) is 53.0 Å². The van der Waals surface area contributed by atoms with E-state index in [4.69, 9.17) is 0 Å². The van der Waals surface area contributed by atoms with Gasteiger partial charge in [-0.15, -0.1) is 0 Å². The molecule has 2 aromatic rings. The molecule has 8 heteroatoms. The highest BCUT2D eigenvalue weighted by molar-refractivity contribution is 9.10. The molecule has 0 aliphatic rings. The Morgan fingerprint density at radius 2 is 1.71 bits per heavy atom. The van der Waals surface area contributed by atoms with Crippen LogP contribution in [0.3, 0.4) is 0 Å². The lowest BCUT2D eigenvalue weighted by molar-refractivity contribution is -0.138. The van der Waals surface area contributed by atoms with Crippen LogP contribution >= 0.6 is 15.9 Å². The van der Waals surface area contributed by atoms with Gasteiger partial charge in [-0.2, -0.15) is 0 Å². The summed E-state index contributed by atoms with van der Waals surface area (Å²) >= 11 is 3.29. The predicted octanol–water partition coefficient (Wildman–Crippen LogP) is 3.05. The first-order valence-electron chi connectivity index (χ1n) is 6.90. The van der Waals surface area contributed by atoms with Crippen LogP contribution in [0.1, 0.15) is 5.56 Å². The van der Waals surface area contributed by atoms with Crippen LogP contribution in [0, 0.1) is 5.82 Å². The first kappa shape index (κ1) is 18.4. The number of hydrogen-bond donors (Lipinski definition) is 1. The lowest BCUT2D eigenvalue weighted by Gasteiger charge is -2.29. The van der Waals surface area contributed by atoms with Gasteiger partial charge in [0.15, 0.2) is 0 Å². The molecular weight excluding hydrogens is 401 g/mol. The van der Waals surface area contributed by atoms with Gasteiger partial charge in [0.2, 0.25) is 10.0 Å². The molecular formula is C16H15BrFNO4S. The highest BCUT2D eigenvalue weighted by Gasteiger charge is 2.32. The van der Waals surface area contributed by atoms with Crippen molar-refractivity contribution >= 4 is 37.6 Å². The molecule has 1 atom stereocenters. The molecule has 0 aliphatic carbocycles. The maximum atomic E-state index is 13.1. The Morgan fingerprint density at radius 3 is 2.17 bits per heavy atom. The molecule has 2 rings (SSSR count). The van der Waals surface area contributed by atoms with E-state index in [2.05, 4.69) is 15.9 Å². The second kappa shape index (κ2) is 7.31. The second-order valence-electron chi connectivity index (χ2n) is 5.22. The third-order valence-corrected chi connectivity index (χ3v) is 5.06. The number of benzene rings is 2. The molecule has 0 radical (unpaired) electrons. The van der Waals surface area contributed by atoms with Crippen molar-refractivity contribution in [2.75, 3.05) is 10.6 Å². The van der Waals surface area contributed by atoms with Gasteiger partial charge < -0.3 is 5.11 Å². The number of hydrogen-bond acceptors (Lipinski definition) is 3. The van der Waals surface area contributed by atoms with Crippen molar-refractivity contribution in [3.63, 3.8) is 0 Å². The summed E-state index contributed by atoms with van der Waals surface area (Å²) in [5.41, 5.74) is 0.768. The Bertz CT molecular complexity index is 822. The number of sulfonamides is 1. The fourth-order valence-corrected chi connectivity index (χ4v) is 3.70. The van der Waals surface area contributed by atoms with Gasteiger partial charge >= 0.3 is 5.97 Å². The van der Waals surface area contributed by atoms with E-state index < -0.39 is 27.9 Å². The fraction of sp³-hybridized carbons (Fsp3) is 0.188. The number of halogens is 2. The summed E-state index contributed by atoms with van der Waals surface area (Å²) in [7, 11) is -3.88. The molecule has 1 unspecified atom stereocenters. The average molecular weight is 416 g/mol. The SMILES string of the molecule is CS(=O)(=O)N(c1ccc(F)cc1)C(Cc1ccc(Br)cc1)C(=O)O. The van der Waals surface area contributed by atoms with E-state index in [1.54, 1.807) is 24.3 Å². The van der Waals surface area contributed by atoms with E-state index in [0.717, 1.165) is 27.2 Å². The maximum Gasteiger partial charge on any atom is 0.327 e. The smallest absolute Gasteiger partial charge is 0.327 e. The second-order valence-corrected chi connectivity index (χ2v) is 7.99. The van der Waals surface area contributed by atoms with Gasteiger partial charge in [0, 0.05) is 10.9 Å². The topological polar surface area (TPSA) is 74.7 Å². The molecule has 24 heavy (non-hydrogen) atoms. The van der Waals surface area contributed by atoms with E-state index in [-0.39, 0.29) is 12.1 Å². The Kier molecular flexibility index (Phi) is 5.61. The van der Waals surface area contributed by atoms with Gasteiger partial charge in [-0.3, -0.25) is 4.31 Å². The number of nitrogens with zero attached hydrogens (tertiary/aromatic N) is 1. The largest absolute Gasteiger partial charge is 0.480 e. The Morgan fingerprint density at radius 1 is 1.17 bits per heavy atom. The van der Waals surface area contributed by atoms with Crippen molar-refractivity contribution in [1.82, 2.24) is 0 Å². The standard InChI is InChI=1S/C16H15BrFNO4S/c1-24(22,23)19(14-8-6-13(18)7-9-14)15(16(20)21)10-11-2-4-12(17)5-3-11/h2-9,15H,10H2,1H3,(H,20,21). The number of carboxylic acids is 1. The molecule has 0 amide bonds. The van der Waals surface area contributed by atoms with Crippen molar-refractivity contribution in [3.05, 3.63) is 64.4 Å².